The highest BCUT2D eigenvalue weighted by molar-refractivity contribution is 6.07. The van der Waals surface area contributed by atoms with E-state index in [0.717, 1.165) is 52.5 Å². The Bertz CT molecular complexity index is 1520. The average Bonchev–Trinajstić information content (AvgIpc) is 3.37. The molecule has 1 saturated carbocycles. The van der Waals surface area contributed by atoms with E-state index >= 15 is 0 Å². The van der Waals surface area contributed by atoms with E-state index in [1.807, 2.05) is 24.3 Å². The Morgan fingerprint density at radius 2 is 2.09 bits per heavy atom. The fourth-order valence-electron chi connectivity index (χ4n) is 4.30. The Balaban J connectivity index is 1.34. The van der Waals surface area contributed by atoms with Crippen LogP contribution >= 0.6 is 0 Å². The molecule has 0 bridgehead atoms. The van der Waals surface area contributed by atoms with Gasteiger partial charge in [-0.2, -0.15) is 5.10 Å². The predicted octanol–water partition coefficient (Wildman–Crippen LogP) is 3.40. The largest absolute Gasteiger partial charge is 0.382 e. The number of H-pyrrole nitrogens is 1. The molecule has 170 valence electrons. The van der Waals surface area contributed by atoms with Crippen LogP contribution in [0.3, 0.4) is 0 Å². The molecule has 1 aromatic carbocycles. The molecule has 9 nitrogen and oxygen atoms in total. The van der Waals surface area contributed by atoms with Gasteiger partial charge in [0.05, 0.1) is 22.9 Å². The van der Waals surface area contributed by atoms with E-state index in [9.17, 15) is 9.18 Å². The van der Waals surface area contributed by atoms with Crippen molar-refractivity contribution in [1.82, 2.24) is 35.0 Å². The lowest BCUT2D eigenvalue weighted by molar-refractivity contribution is 0.0949. The number of carbonyl (C=O) groups excluding carboxylic acids is 1. The number of pyridine rings is 2. The number of imidazole rings is 1. The molecule has 1 amide bonds. The molecule has 1 fully saturated rings. The van der Waals surface area contributed by atoms with E-state index in [4.69, 9.17) is 10.7 Å². The van der Waals surface area contributed by atoms with Crippen molar-refractivity contribution in [2.24, 2.45) is 0 Å². The molecule has 1 aliphatic carbocycles. The van der Waals surface area contributed by atoms with Gasteiger partial charge < -0.3 is 15.6 Å². The minimum absolute atomic E-state index is 0.171. The Hall–Kier alpha value is -4.34. The molecule has 4 heterocycles. The normalized spacial score (nSPS) is 13.6. The number of rotatable bonds is 6. The van der Waals surface area contributed by atoms with Crippen molar-refractivity contribution in [3.8, 4) is 11.3 Å². The van der Waals surface area contributed by atoms with Crippen molar-refractivity contribution in [2.75, 3.05) is 12.3 Å². The van der Waals surface area contributed by atoms with Crippen molar-refractivity contribution >= 4 is 33.7 Å². The van der Waals surface area contributed by atoms with Gasteiger partial charge in [-0.15, -0.1) is 0 Å². The fourth-order valence-corrected chi connectivity index (χ4v) is 4.30. The highest BCUT2D eigenvalue weighted by atomic mass is 19.1. The molecule has 0 aliphatic heterocycles. The minimum atomic E-state index is -0.482. The zero-order valence-electron chi connectivity index (χ0n) is 18.1. The van der Waals surface area contributed by atoms with E-state index in [0.29, 0.717) is 30.3 Å². The van der Waals surface area contributed by atoms with Crippen LogP contribution in [0.5, 0.6) is 0 Å². The van der Waals surface area contributed by atoms with Crippen LogP contribution in [0.15, 0.2) is 48.8 Å². The first-order valence-corrected chi connectivity index (χ1v) is 11.1. The number of aromatic nitrogens is 6. The van der Waals surface area contributed by atoms with E-state index in [-0.39, 0.29) is 11.6 Å². The highest BCUT2D eigenvalue weighted by Crippen LogP contribution is 2.41. The van der Waals surface area contributed by atoms with Crippen LogP contribution in [-0.2, 0) is 6.42 Å². The maximum atomic E-state index is 13.1. The van der Waals surface area contributed by atoms with E-state index < -0.39 is 5.82 Å². The molecule has 0 spiro atoms. The first-order valence-electron chi connectivity index (χ1n) is 11.1. The fraction of sp³-hybridized carbons (Fsp3) is 0.208. The molecular weight excluding hydrogens is 435 g/mol. The number of aromatic amines is 1. The number of nitrogens with one attached hydrogen (secondary N) is 2. The summed E-state index contributed by atoms with van der Waals surface area (Å²) in [5, 5.41) is 10.8. The quantitative estimate of drug-likeness (QED) is 0.359. The number of nitrogens with zero attached hydrogens (tertiary/aromatic N) is 5. The third-order valence-electron chi connectivity index (χ3n) is 6.04. The monoisotopic (exact) mass is 456 g/mol. The van der Waals surface area contributed by atoms with Gasteiger partial charge in [-0.3, -0.25) is 9.89 Å². The summed E-state index contributed by atoms with van der Waals surface area (Å²) in [5.74, 6) is 0.393. The number of anilines is 1. The van der Waals surface area contributed by atoms with Crippen molar-refractivity contribution in [3.63, 3.8) is 0 Å². The summed E-state index contributed by atoms with van der Waals surface area (Å²) in [4.78, 5) is 25.6. The van der Waals surface area contributed by atoms with E-state index in [1.54, 1.807) is 6.20 Å². The number of nitrogen functional groups attached to an aromatic ring is 1. The Morgan fingerprint density at radius 1 is 1.21 bits per heavy atom. The first-order chi connectivity index (χ1) is 16.6. The van der Waals surface area contributed by atoms with Gasteiger partial charge in [-0.25, -0.2) is 19.3 Å². The van der Waals surface area contributed by atoms with Gasteiger partial charge in [0.1, 0.15) is 22.9 Å². The molecule has 5 aromatic rings. The van der Waals surface area contributed by atoms with Crippen LogP contribution in [0.25, 0.3) is 33.2 Å². The summed E-state index contributed by atoms with van der Waals surface area (Å²) in [6, 6.07) is 10.9. The summed E-state index contributed by atoms with van der Waals surface area (Å²) >= 11 is 0. The number of amides is 1. The third-order valence-corrected chi connectivity index (χ3v) is 6.04. The molecule has 4 N–H and O–H groups in total. The van der Waals surface area contributed by atoms with Crippen LogP contribution in [0, 0.1) is 5.82 Å². The molecule has 4 aromatic heterocycles. The van der Waals surface area contributed by atoms with E-state index in [1.165, 1.54) is 12.1 Å². The lowest BCUT2D eigenvalue weighted by atomic mass is 10.1. The summed E-state index contributed by atoms with van der Waals surface area (Å²) in [7, 11) is 0. The Kier molecular flexibility index (Phi) is 4.72. The zero-order valence-corrected chi connectivity index (χ0v) is 18.1. The first kappa shape index (κ1) is 20.3. The van der Waals surface area contributed by atoms with Crippen LogP contribution in [0.1, 0.15) is 35.2 Å². The van der Waals surface area contributed by atoms with Gasteiger partial charge in [0.2, 0.25) is 0 Å². The zero-order chi connectivity index (χ0) is 23.2. The minimum Gasteiger partial charge on any atom is -0.382 e. The van der Waals surface area contributed by atoms with Crippen LogP contribution < -0.4 is 11.1 Å². The molecule has 6 rings (SSSR count). The molecule has 1 aliphatic rings. The van der Waals surface area contributed by atoms with Crippen molar-refractivity contribution in [1.29, 1.82) is 0 Å². The van der Waals surface area contributed by atoms with Crippen LogP contribution in [-0.4, -0.2) is 42.2 Å². The molecule has 0 atom stereocenters. The summed E-state index contributed by atoms with van der Waals surface area (Å²) in [6.07, 6.45) is 5.40. The van der Waals surface area contributed by atoms with Gasteiger partial charge >= 0.3 is 0 Å². The number of hydrogen-bond acceptors (Lipinski definition) is 6. The Labute approximate surface area is 193 Å². The summed E-state index contributed by atoms with van der Waals surface area (Å²) < 4.78 is 15.3. The number of benzene rings is 1. The standard InChI is InChI=1S/C24H21FN8O/c25-14-2-6-18(28-12-14)24(34)27-9-8-20-31-21-22(33(20)15-3-4-15)16-5-1-13(17-7-10-29-32-17)11-19(16)30-23(21)26/h1-2,5-7,10-12,15H,3-4,8-9H2,(H2,26,30)(H,27,34)(H,29,32). The van der Waals surface area contributed by atoms with Crippen molar-refractivity contribution < 1.29 is 9.18 Å². The van der Waals surface area contributed by atoms with Crippen molar-refractivity contribution in [2.45, 2.75) is 25.3 Å². The second kappa shape index (κ2) is 7.91. The van der Waals surface area contributed by atoms with Crippen LogP contribution in [0.4, 0.5) is 10.2 Å². The molecular formula is C24H21FN8O. The molecule has 34 heavy (non-hydrogen) atoms. The number of halogens is 1. The number of carbonyl (C=O) groups is 1. The lowest BCUT2D eigenvalue weighted by Crippen LogP contribution is -2.27. The number of hydrogen-bond donors (Lipinski definition) is 3. The molecule has 0 unspecified atom stereocenters. The predicted molar refractivity (Wildman–Crippen MR) is 126 cm³/mol. The third kappa shape index (κ3) is 3.53. The summed E-state index contributed by atoms with van der Waals surface area (Å²) in [6.45, 7) is 0.364. The number of nitrogens with two attached hydrogens (primary N) is 1. The Morgan fingerprint density at radius 3 is 2.82 bits per heavy atom. The second-order valence-corrected chi connectivity index (χ2v) is 8.39. The van der Waals surface area contributed by atoms with Gasteiger partial charge in [0, 0.05) is 36.2 Å². The molecule has 0 saturated heterocycles. The molecule has 0 radical (unpaired) electrons. The van der Waals surface area contributed by atoms with E-state index in [2.05, 4.69) is 30.0 Å². The SMILES string of the molecule is Nc1nc2cc(-c3ccn[nH]3)ccc2c2c1nc(CCNC(=O)c1ccc(F)cn1)n2C1CC1. The maximum Gasteiger partial charge on any atom is 0.269 e. The smallest absolute Gasteiger partial charge is 0.269 e. The highest BCUT2D eigenvalue weighted by Gasteiger charge is 2.30. The topological polar surface area (TPSA) is 127 Å². The van der Waals surface area contributed by atoms with Crippen molar-refractivity contribution in [3.05, 3.63) is 66.1 Å². The van der Waals surface area contributed by atoms with Gasteiger partial charge in [0.25, 0.3) is 5.91 Å². The van der Waals surface area contributed by atoms with Crippen LogP contribution in [0.2, 0.25) is 0 Å². The average molecular weight is 456 g/mol. The van der Waals surface area contributed by atoms with Gasteiger partial charge in [0.15, 0.2) is 5.82 Å². The number of fused-ring (bicyclic) bond motifs is 3. The summed E-state index contributed by atoms with van der Waals surface area (Å²) in [5.41, 5.74) is 10.8. The maximum absolute atomic E-state index is 13.1. The van der Waals surface area contributed by atoms with Gasteiger partial charge in [-0.05, 0) is 43.2 Å². The second-order valence-electron chi connectivity index (χ2n) is 8.39. The molecule has 10 heteroatoms. The lowest BCUT2D eigenvalue weighted by Gasteiger charge is -2.11. The van der Waals surface area contributed by atoms with Gasteiger partial charge in [-0.1, -0.05) is 6.07 Å².